The summed E-state index contributed by atoms with van der Waals surface area (Å²) in [4.78, 5) is 0. The van der Waals surface area contributed by atoms with Crippen molar-refractivity contribution < 1.29 is 5.11 Å². The predicted octanol–water partition coefficient (Wildman–Crippen LogP) is 4.35. The first kappa shape index (κ1) is 19.7. The second kappa shape index (κ2) is 7.04. The summed E-state index contributed by atoms with van der Waals surface area (Å²) in [7, 11) is 0. The predicted molar refractivity (Wildman–Crippen MR) is 124 cm³/mol. The van der Waals surface area contributed by atoms with E-state index in [-0.39, 0.29) is 16.8 Å². The van der Waals surface area contributed by atoms with Gasteiger partial charge in [-0.2, -0.15) is 5.10 Å². The number of benzene rings is 1. The van der Waals surface area contributed by atoms with Crippen LogP contribution in [0.25, 0.3) is 22.4 Å². The van der Waals surface area contributed by atoms with Crippen LogP contribution >= 0.6 is 0 Å². The normalized spacial score (nSPS) is 31.6. The topological polar surface area (TPSA) is 98.8 Å². The molecule has 2 aliphatic heterocycles. The van der Waals surface area contributed by atoms with E-state index >= 15 is 0 Å². The van der Waals surface area contributed by atoms with Gasteiger partial charge in [-0.3, -0.25) is 5.10 Å². The Hall–Kier alpha value is -2.93. The molecule has 6 rings (SSSR count). The molecule has 1 aliphatic carbocycles. The lowest BCUT2D eigenvalue weighted by Gasteiger charge is -2.49. The summed E-state index contributed by atoms with van der Waals surface area (Å²) in [5.74, 6) is 2.43. The molecule has 4 atom stereocenters. The SMILES string of the molecule is CC12CCC(C)(N1)C(C1CC1)C(Nc1ccc(-c3ccc(-c4cn[nH]c4)cc3O)nn1)C2. The monoisotopic (exact) mass is 430 g/mol. The van der Waals surface area contributed by atoms with E-state index in [0.717, 1.165) is 29.3 Å². The third kappa shape index (κ3) is 3.35. The number of phenolic OH excluding ortho intramolecular Hbond substituents is 1. The van der Waals surface area contributed by atoms with Crippen molar-refractivity contribution in [1.29, 1.82) is 0 Å². The number of nitrogens with zero attached hydrogens (tertiary/aromatic N) is 3. The fourth-order valence-corrected chi connectivity index (χ4v) is 6.33. The quantitative estimate of drug-likeness (QED) is 0.480. The Balaban J connectivity index is 1.22. The van der Waals surface area contributed by atoms with Crippen LogP contribution in [0.3, 0.4) is 0 Å². The fourth-order valence-electron chi connectivity index (χ4n) is 6.33. The Morgan fingerprint density at radius 3 is 2.62 bits per heavy atom. The molecule has 0 radical (unpaired) electrons. The molecule has 7 nitrogen and oxygen atoms in total. The number of rotatable bonds is 5. The first-order valence-corrected chi connectivity index (χ1v) is 11.6. The number of aromatic nitrogens is 4. The largest absolute Gasteiger partial charge is 0.507 e. The number of nitrogens with one attached hydrogen (secondary N) is 3. The number of piperidine rings is 1. The van der Waals surface area contributed by atoms with E-state index in [1.54, 1.807) is 18.5 Å². The molecule has 1 aromatic carbocycles. The molecule has 1 saturated carbocycles. The molecule has 3 aliphatic rings. The van der Waals surface area contributed by atoms with E-state index in [1.165, 1.54) is 25.7 Å². The van der Waals surface area contributed by atoms with E-state index in [2.05, 4.69) is 44.9 Å². The van der Waals surface area contributed by atoms with Crippen LogP contribution in [0.2, 0.25) is 0 Å². The number of phenols is 1. The molecule has 0 spiro atoms. The van der Waals surface area contributed by atoms with E-state index in [1.807, 2.05) is 24.3 Å². The maximum atomic E-state index is 10.6. The first-order valence-electron chi connectivity index (χ1n) is 11.6. The van der Waals surface area contributed by atoms with Crippen molar-refractivity contribution >= 4 is 5.82 Å². The second-order valence-corrected chi connectivity index (χ2v) is 10.4. The summed E-state index contributed by atoms with van der Waals surface area (Å²) >= 11 is 0. The lowest BCUT2D eigenvalue weighted by molar-refractivity contribution is 0.121. The standard InChI is InChI=1S/C25H30N6O/c1-24-9-10-25(2,31-24)23(15-3-4-15)20(12-24)28-22-8-7-19(29-30-22)18-6-5-16(11-21(18)32)17-13-26-27-14-17/h5-8,11,13-15,20,23,31-32H,3-4,9-10,12H2,1-2H3,(H,26,27)(H,28,30). The molecule has 166 valence electrons. The smallest absolute Gasteiger partial charge is 0.148 e. The van der Waals surface area contributed by atoms with Gasteiger partial charge in [-0.1, -0.05) is 6.07 Å². The molecule has 2 aromatic heterocycles. The lowest BCUT2D eigenvalue weighted by Crippen LogP contribution is -2.63. The molecule has 4 unspecified atom stereocenters. The number of fused-ring (bicyclic) bond motifs is 2. The molecule has 32 heavy (non-hydrogen) atoms. The highest BCUT2D eigenvalue weighted by molar-refractivity contribution is 5.73. The van der Waals surface area contributed by atoms with Gasteiger partial charge in [0.25, 0.3) is 0 Å². The number of hydrogen-bond acceptors (Lipinski definition) is 6. The average Bonchev–Trinajstić information content (AvgIpc) is 3.35. The zero-order chi connectivity index (χ0) is 21.9. The van der Waals surface area contributed by atoms with Gasteiger partial charge in [0.2, 0.25) is 0 Å². The number of H-pyrrole nitrogens is 1. The van der Waals surface area contributed by atoms with Crippen LogP contribution in [0.15, 0.2) is 42.7 Å². The Labute approximate surface area is 188 Å². The van der Waals surface area contributed by atoms with Gasteiger partial charge in [0.1, 0.15) is 11.6 Å². The minimum Gasteiger partial charge on any atom is -0.507 e. The van der Waals surface area contributed by atoms with Crippen LogP contribution in [0, 0.1) is 11.8 Å². The van der Waals surface area contributed by atoms with Crippen molar-refractivity contribution in [3.05, 3.63) is 42.7 Å². The molecule has 2 bridgehead atoms. The third-order valence-corrected chi connectivity index (χ3v) is 7.86. The Kier molecular flexibility index (Phi) is 4.34. The van der Waals surface area contributed by atoms with Gasteiger partial charge in [0.15, 0.2) is 0 Å². The third-order valence-electron chi connectivity index (χ3n) is 7.86. The van der Waals surface area contributed by atoms with Gasteiger partial charge in [-0.25, -0.2) is 0 Å². The van der Waals surface area contributed by atoms with Crippen molar-refractivity contribution in [1.82, 2.24) is 25.7 Å². The van der Waals surface area contributed by atoms with Crippen LogP contribution in [0.5, 0.6) is 5.75 Å². The van der Waals surface area contributed by atoms with E-state index < -0.39 is 0 Å². The number of anilines is 1. The van der Waals surface area contributed by atoms with Crippen molar-refractivity contribution in [3.8, 4) is 28.1 Å². The minimum absolute atomic E-state index is 0.184. The molecular formula is C25H30N6O. The summed E-state index contributed by atoms with van der Waals surface area (Å²) in [5, 5.41) is 34.0. The highest BCUT2D eigenvalue weighted by Gasteiger charge is 2.58. The lowest BCUT2D eigenvalue weighted by atomic mass is 9.72. The summed E-state index contributed by atoms with van der Waals surface area (Å²) in [6.07, 6.45) is 9.83. The van der Waals surface area contributed by atoms with Gasteiger partial charge in [0, 0.05) is 34.4 Å². The summed E-state index contributed by atoms with van der Waals surface area (Å²) < 4.78 is 0. The van der Waals surface area contributed by atoms with Crippen molar-refractivity contribution in [3.63, 3.8) is 0 Å². The average molecular weight is 431 g/mol. The highest BCUT2D eigenvalue weighted by Crippen LogP contribution is 2.54. The number of aromatic hydroxyl groups is 1. The van der Waals surface area contributed by atoms with Crippen molar-refractivity contribution in [2.45, 2.75) is 63.1 Å². The molecule has 3 fully saturated rings. The van der Waals surface area contributed by atoms with Crippen LogP contribution < -0.4 is 10.6 Å². The highest BCUT2D eigenvalue weighted by atomic mass is 16.3. The van der Waals surface area contributed by atoms with Crippen LogP contribution in [-0.2, 0) is 0 Å². The summed E-state index contributed by atoms with van der Waals surface area (Å²) in [6.45, 7) is 4.78. The van der Waals surface area contributed by atoms with E-state index in [9.17, 15) is 5.11 Å². The Morgan fingerprint density at radius 2 is 1.94 bits per heavy atom. The van der Waals surface area contributed by atoms with Gasteiger partial charge >= 0.3 is 0 Å². The van der Waals surface area contributed by atoms with Crippen LogP contribution in [-0.4, -0.2) is 42.6 Å². The van der Waals surface area contributed by atoms with Gasteiger partial charge in [0.05, 0.1) is 11.9 Å². The maximum absolute atomic E-state index is 10.6. The molecule has 7 heteroatoms. The van der Waals surface area contributed by atoms with E-state index in [4.69, 9.17) is 0 Å². The first-order chi connectivity index (χ1) is 15.4. The van der Waals surface area contributed by atoms with Crippen molar-refractivity contribution in [2.24, 2.45) is 11.8 Å². The van der Waals surface area contributed by atoms with Gasteiger partial charge in [-0.05, 0) is 87.6 Å². The number of hydrogen-bond donors (Lipinski definition) is 4. The molecule has 0 amide bonds. The summed E-state index contributed by atoms with van der Waals surface area (Å²) in [6, 6.07) is 9.91. The summed E-state index contributed by atoms with van der Waals surface area (Å²) in [5.41, 5.74) is 3.58. The molecule has 4 heterocycles. The maximum Gasteiger partial charge on any atom is 0.148 e. The number of aromatic amines is 1. The van der Waals surface area contributed by atoms with Crippen LogP contribution in [0.1, 0.15) is 46.0 Å². The molecule has 3 aromatic rings. The Bertz CT molecular complexity index is 1130. The fraction of sp³-hybridized carbons (Fsp3) is 0.480. The second-order valence-electron chi connectivity index (χ2n) is 10.4. The zero-order valence-electron chi connectivity index (χ0n) is 18.6. The van der Waals surface area contributed by atoms with Gasteiger partial charge in [-0.15, -0.1) is 10.2 Å². The molecule has 4 N–H and O–H groups in total. The zero-order valence-corrected chi connectivity index (χ0v) is 18.6. The molecular weight excluding hydrogens is 400 g/mol. The Morgan fingerprint density at radius 1 is 1.06 bits per heavy atom. The van der Waals surface area contributed by atoms with Crippen molar-refractivity contribution in [2.75, 3.05) is 5.32 Å². The molecule has 2 saturated heterocycles. The van der Waals surface area contributed by atoms with E-state index in [0.29, 0.717) is 23.2 Å². The minimum atomic E-state index is 0.184. The van der Waals surface area contributed by atoms with Gasteiger partial charge < -0.3 is 15.7 Å². The van der Waals surface area contributed by atoms with Crippen LogP contribution in [0.4, 0.5) is 5.82 Å².